The maximum Gasteiger partial charge on any atom is 0.261 e. The van der Waals surface area contributed by atoms with Gasteiger partial charge in [-0.05, 0) is 48.4 Å². The van der Waals surface area contributed by atoms with Crippen LogP contribution in [0.4, 0.5) is 5.69 Å². The Morgan fingerprint density at radius 3 is 2.37 bits per heavy atom. The van der Waals surface area contributed by atoms with Crippen LogP contribution >= 0.6 is 0 Å². The molecule has 3 rings (SSSR count). The second-order valence-electron chi connectivity index (χ2n) is 6.17. The van der Waals surface area contributed by atoms with Crippen LogP contribution in [0.5, 0.6) is 0 Å². The monoisotopic (exact) mass is 380 g/mol. The van der Waals surface area contributed by atoms with Crippen molar-refractivity contribution in [3.8, 4) is 0 Å². The highest BCUT2D eigenvalue weighted by Crippen LogP contribution is 2.18. The van der Waals surface area contributed by atoms with E-state index in [1.165, 1.54) is 12.1 Å². The first-order valence-corrected chi connectivity index (χ1v) is 9.94. The van der Waals surface area contributed by atoms with Crippen molar-refractivity contribution in [1.82, 2.24) is 5.32 Å². The Kier molecular flexibility index (Phi) is 5.57. The second kappa shape index (κ2) is 8.05. The van der Waals surface area contributed by atoms with Gasteiger partial charge in [0.2, 0.25) is 0 Å². The Bertz CT molecular complexity index is 1050. The molecule has 0 saturated heterocycles. The van der Waals surface area contributed by atoms with Crippen molar-refractivity contribution in [2.75, 3.05) is 4.72 Å². The zero-order valence-corrected chi connectivity index (χ0v) is 15.7. The average molecular weight is 380 g/mol. The minimum absolute atomic E-state index is 0.0383. The summed E-state index contributed by atoms with van der Waals surface area (Å²) in [6.45, 7) is 2.26. The molecule has 0 aliphatic rings. The number of rotatable bonds is 6. The van der Waals surface area contributed by atoms with Gasteiger partial charge in [-0.1, -0.05) is 48.5 Å². The van der Waals surface area contributed by atoms with E-state index in [4.69, 9.17) is 0 Å². The van der Waals surface area contributed by atoms with E-state index in [2.05, 4.69) is 10.0 Å². The van der Waals surface area contributed by atoms with E-state index < -0.39 is 10.0 Å². The first kappa shape index (κ1) is 18.7. The van der Waals surface area contributed by atoms with Gasteiger partial charge in [0.15, 0.2) is 0 Å². The lowest BCUT2D eigenvalue weighted by molar-refractivity contribution is 0.0950. The molecule has 138 valence electrons. The van der Waals surface area contributed by atoms with Gasteiger partial charge >= 0.3 is 0 Å². The minimum Gasteiger partial charge on any atom is -0.348 e. The van der Waals surface area contributed by atoms with Gasteiger partial charge in [0.05, 0.1) is 4.90 Å². The van der Waals surface area contributed by atoms with Gasteiger partial charge in [-0.25, -0.2) is 8.42 Å². The highest BCUT2D eigenvalue weighted by molar-refractivity contribution is 7.92. The third kappa shape index (κ3) is 4.95. The number of benzene rings is 3. The molecule has 0 bridgehead atoms. The van der Waals surface area contributed by atoms with Crippen LogP contribution in [0.15, 0.2) is 83.8 Å². The van der Waals surface area contributed by atoms with E-state index in [0.717, 1.165) is 11.1 Å². The lowest BCUT2D eigenvalue weighted by Gasteiger charge is -2.10. The average Bonchev–Trinajstić information content (AvgIpc) is 2.67. The van der Waals surface area contributed by atoms with Gasteiger partial charge in [0, 0.05) is 17.8 Å². The largest absolute Gasteiger partial charge is 0.348 e. The molecule has 2 N–H and O–H groups in total. The molecular formula is C21H20N2O3S. The number of amides is 1. The molecule has 0 radical (unpaired) electrons. The van der Waals surface area contributed by atoms with Crippen molar-refractivity contribution in [3.63, 3.8) is 0 Å². The molecule has 0 aromatic heterocycles. The van der Waals surface area contributed by atoms with Gasteiger partial charge in [0.1, 0.15) is 0 Å². The number of carbonyl (C=O) groups excluding carboxylic acids is 1. The molecule has 3 aromatic carbocycles. The third-order valence-electron chi connectivity index (χ3n) is 3.97. The fourth-order valence-electron chi connectivity index (χ4n) is 2.61. The zero-order chi connectivity index (χ0) is 19.3. The van der Waals surface area contributed by atoms with Crippen molar-refractivity contribution >= 4 is 21.6 Å². The van der Waals surface area contributed by atoms with Gasteiger partial charge in [-0.2, -0.15) is 0 Å². The van der Waals surface area contributed by atoms with Crippen LogP contribution < -0.4 is 10.0 Å². The first-order chi connectivity index (χ1) is 12.9. The molecule has 0 unspecified atom stereocenters. The molecule has 0 saturated carbocycles. The molecule has 0 heterocycles. The summed E-state index contributed by atoms with van der Waals surface area (Å²) in [7, 11) is -3.78. The summed E-state index contributed by atoms with van der Waals surface area (Å²) in [4.78, 5) is 12.4. The zero-order valence-electron chi connectivity index (χ0n) is 14.8. The van der Waals surface area contributed by atoms with E-state index in [1.807, 2.05) is 43.3 Å². The van der Waals surface area contributed by atoms with Crippen LogP contribution in [-0.2, 0) is 16.6 Å². The van der Waals surface area contributed by atoms with Gasteiger partial charge in [-0.15, -0.1) is 0 Å². The number of carbonyl (C=O) groups is 1. The molecule has 5 nitrogen and oxygen atoms in total. The summed E-state index contributed by atoms with van der Waals surface area (Å²) in [5.41, 5.74) is 2.69. The summed E-state index contributed by atoms with van der Waals surface area (Å²) in [6.07, 6.45) is 0. The number of aryl methyl sites for hydroxylation is 1. The number of hydrogen-bond acceptors (Lipinski definition) is 3. The quantitative estimate of drug-likeness (QED) is 0.684. The van der Waals surface area contributed by atoms with Crippen molar-refractivity contribution in [3.05, 3.63) is 95.6 Å². The molecule has 0 spiro atoms. The summed E-state index contributed by atoms with van der Waals surface area (Å²) in [5.74, 6) is -0.327. The van der Waals surface area contributed by atoms with Crippen LogP contribution in [0.3, 0.4) is 0 Å². The number of anilines is 1. The lowest BCUT2D eigenvalue weighted by Crippen LogP contribution is -2.23. The summed E-state index contributed by atoms with van der Waals surface area (Å²) >= 11 is 0. The summed E-state index contributed by atoms with van der Waals surface area (Å²) < 4.78 is 27.8. The maximum atomic E-state index is 12.6. The minimum atomic E-state index is -3.78. The normalized spacial score (nSPS) is 11.0. The van der Waals surface area contributed by atoms with Gasteiger partial charge in [0.25, 0.3) is 15.9 Å². The van der Waals surface area contributed by atoms with Crippen LogP contribution in [0, 0.1) is 6.92 Å². The Balaban J connectivity index is 1.75. The topological polar surface area (TPSA) is 75.3 Å². The predicted molar refractivity (Wildman–Crippen MR) is 106 cm³/mol. The highest BCUT2D eigenvalue weighted by Gasteiger charge is 2.16. The van der Waals surface area contributed by atoms with E-state index in [0.29, 0.717) is 12.2 Å². The Morgan fingerprint density at radius 1 is 0.889 bits per heavy atom. The second-order valence-corrected chi connectivity index (χ2v) is 7.85. The standard InChI is InChI=1S/C21H20N2O3S/c1-16-7-5-11-19(13-16)23-27(25,26)20-12-6-10-18(14-20)21(24)22-15-17-8-3-2-4-9-17/h2-14,23H,15H2,1H3,(H,22,24). The smallest absolute Gasteiger partial charge is 0.261 e. The maximum absolute atomic E-state index is 12.6. The molecule has 0 aliphatic carbocycles. The third-order valence-corrected chi connectivity index (χ3v) is 5.35. The Hall–Kier alpha value is -3.12. The molecule has 3 aromatic rings. The van der Waals surface area contributed by atoms with Gasteiger partial charge < -0.3 is 5.32 Å². The van der Waals surface area contributed by atoms with Crippen LogP contribution in [0.1, 0.15) is 21.5 Å². The van der Waals surface area contributed by atoms with Gasteiger partial charge in [-0.3, -0.25) is 9.52 Å². The van der Waals surface area contributed by atoms with Crippen LogP contribution in [0.25, 0.3) is 0 Å². The molecule has 0 atom stereocenters. The van der Waals surface area contributed by atoms with Crippen LogP contribution in [-0.4, -0.2) is 14.3 Å². The van der Waals surface area contributed by atoms with Crippen molar-refractivity contribution < 1.29 is 13.2 Å². The number of nitrogens with one attached hydrogen (secondary N) is 2. The van der Waals surface area contributed by atoms with Crippen molar-refractivity contribution in [2.24, 2.45) is 0 Å². The fraction of sp³-hybridized carbons (Fsp3) is 0.0952. The summed E-state index contributed by atoms with van der Waals surface area (Å²) in [5, 5.41) is 2.80. The molecule has 1 amide bonds. The first-order valence-electron chi connectivity index (χ1n) is 8.46. The number of sulfonamides is 1. The van der Waals surface area contributed by atoms with Crippen LogP contribution in [0.2, 0.25) is 0 Å². The van der Waals surface area contributed by atoms with E-state index in [-0.39, 0.29) is 16.4 Å². The molecule has 0 aliphatic heterocycles. The molecule has 6 heteroatoms. The Morgan fingerprint density at radius 2 is 1.63 bits per heavy atom. The fourth-order valence-corrected chi connectivity index (χ4v) is 3.70. The number of hydrogen-bond donors (Lipinski definition) is 2. The van der Waals surface area contributed by atoms with Crippen molar-refractivity contribution in [1.29, 1.82) is 0 Å². The predicted octanol–water partition coefficient (Wildman–Crippen LogP) is 3.73. The summed E-state index contributed by atoms with van der Waals surface area (Å²) in [6, 6.07) is 22.6. The van der Waals surface area contributed by atoms with E-state index >= 15 is 0 Å². The molecule has 27 heavy (non-hydrogen) atoms. The van der Waals surface area contributed by atoms with E-state index in [1.54, 1.807) is 30.3 Å². The SMILES string of the molecule is Cc1cccc(NS(=O)(=O)c2cccc(C(=O)NCc3ccccc3)c2)c1. The van der Waals surface area contributed by atoms with Crippen molar-refractivity contribution in [2.45, 2.75) is 18.4 Å². The molecular weight excluding hydrogens is 360 g/mol. The molecule has 0 fully saturated rings. The lowest BCUT2D eigenvalue weighted by atomic mass is 10.2. The highest BCUT2D eigenvalue weighted by atomic mass is 32.2. The Labute approximate surface area is 159 Å². The van der Waals surface area contributed by atoms with E-state index in [9.17, 15) is 13.2 Å².